The summed E-state index contributed by atoms with van der Waals surface area (Å²) in [6.45, 7) is 2.04. The number of hydrogen-bond acceptors (Lipinski definition) is 2. The highest BCUT2D eigenvalue weighted by Crippen LogP contribution is 2.21. The standard InChI is InChI=1S/C12H12N2O2/c15-11-8-10(13-6-7-13)12(16)14(11)9-4-2-1-3-5-9/h1-5,10H,6-8H2/p+1/t10-/m1/s1. The van der Waals surface area contributed by atoms with Crippen LogP contribution in [0.25, 0.3) is 0 Å². The Morgan fingerprint density at radius 3 is 2.44 bits per heavy atom. The van der Waals surface area contributed by atoms with Crippen LogP contribution in [0.1, 0.15) is 6.42 Å². The van der Waals surface area contributed by atoms with Crippen molar-refractivity contribution >= 4 is 17.5 Å². The van der Waals surface area contributed by atoms with Crippen LogP contribution in [-0.2, 0) is 9.59 Å². The molecule has 0 unspecified atom stereocenters. The fourth-order valence-corrected chi connectivity index (χ4v) is 2.22. The smallest absolute Gasteiger partial charge is 0.292 e. The normalized spacial score (nSPS) is 25.2. The maximum absolute atomic E-state index is 12.1. The second-order valence-electron chi connectivity index (χ2n) is 4.32. The van der Waals surface area contributed by atoms with Crippen LogP contribution in [0.3, 0.4) is 0 Å². The molecule has 16 heavy (non-hydrogen) atoms. The Balaban J connectivity index is 1.90. The first kappa shape index (κ1) is 9.54. The summed E-state index contributed by atoms with van der Waals surface area (Å²) in [6.07, 6.45) is 0.364. The molecule has 82 valence electrons. The zero-order chi connectivity index (χ0) is 11.1. The Morgan fingerprint density at radius 2 is 1.81 bits per heavy atom. The number of para-hydroxylation sites is 1. The van der Waals surface area contributed by atoms with Gasteiger partial charge < -0.3 is 4.90 Å². The van der Waals surface area contributed by atoms with E-state index in [1.54, 1.807) is 12.1 Å². The first-order chi connectivity index (χ1) is 7.77. The molecule has 3 rings (SSSR count). The van der Waals surface area contributed by atoms with Crippen LogP contribution < -0.4 is 9.80 Å². The van der Waals surface area contributed by atoms with Crippen molar-refractivity contribution in [2.24, 2.45) is 0 Å². The molecule has 1 aromatic carbocycles. The van der Waals surface area contributed by atoms with Crippen LogP contribution in [0, 0.1) is 0 Å². The minimum atomic E-state index is -0.132. The lowest BCUT2D eigenvalue weighted by atomic mass is 10.2. The van der Waals surface area contributed by atoms with Gasteiger partial charge in [0.2, 0.25) is 5.91 Å². The minimum Gasteiger partial charge on any atom is -0.315 e. The first-order valence-electron chi connectivity index (χ1n) is 5.54. The predicted octanol–water partition coefficient (Wildman–Crippen LogP) is -0.783. The Hall–Kier alpha value is -1.68. The van der Waals surface area contributed by atoms with Crippen LogP contribution in [0.4, 0.5) is 5.69 Å². The van der Waals surface area contributed by atoms with Crippen LogP contribution in [-0.4, -0.2) is 30.9 Å². The summed E-state index contributed by atoms with van der Waals surface area (Å²) in [6, 6.07) is 9.03. The Morgan fingerprint density at radius 1 is 1.12 bits per heavy atom. The highest BCUT2D eigenvalue weighted by atomic mass is 16.2. The molecule has 0 saturated carbocycles. The molecule has 2 fully saturated rings. The highest BCUT2D eigenvalue weighted by Gasteiger charge is 2.49. The zero-order valence-corrected chi connectivity index (χ0v) is 8.85. The number of imide groups is 1. The maximum Gasteiger partial charge on any atom is 0.292 e. The minimum absolute atomic E-state index is 0.0382. The molecule has 0 aliphatic carbocycles. The molecule has 2 aliphatic rings. The monoisotopic (exact) mass is 217 g/mol. The summed E-state index contributed by atoms with van der Waals surface area (Å²) in [5.74, 6) is -0.107. The highest BCUT2D eigenvalue weighted by molar-refractivity contribution is 6.21. The van der Waals surface area contributed by atoms with Crippen molar-refractivity contribution in [3.63, 3.8) is 0 Å². The van der Waals surface area contributed by atoms with Crippen LogP contribution in [0.5, 0.6) is 0 Å². The van der Waals surface area contributed by atoms with Crippen molar-refractivity contribution in [2.45, 2.75) is 12.5 Å². The number of nitrogens with zero attached hydrogens (tertiary/aromatic N) is 1. The summed E-state index contributed by atoms with van der Waals surface area (Å²) < 4.78 is 0. The van der Waals surface area contributed by atoms with E-state index >= 15 is 0 Å². The molecule has 4 heteroatoms. The fraction of sp³-hybridized carbons (Fsp3) is 0.333. The van der Waals surface area contributed by atoms with Gasteiger partial charge in [-0.2, -0.15) is 0 Å². The van der Waals surface area contributed by atoms with Gasteiger partial charge in [0.1, 0.15) is 13.1 Å². The molecule has 1 atom stereocenters. The summed E-state index contributed by atoms with van der Waals surface area (Å²) >= 11 is 0. The van der Waals surface area contributed by atoms with Crippen LogP contribution in [0.15, 0.2) is 30.3 Å². The van der Waals surface area contributed by atoms with Gasteiger partial charge in [0.05, 0.1) is 12.1 Å². The van der Waals surface area contributed by atoms with Crippen molar-refractivity contribution in [1.29, 1.82) is 0 Å². The van der Waals surface area contributed by atoms with Gasteiger partial charge in [0.15, 0.2) is 6.04 Å². The van der Waals surface area contributed by atoms with E-state index in [0.717, 1.165) is 13.1 Å². The topological polar surface area (TPSA) is 41.8 Å². The number of rotatable bonds is 2. The van der Waals surface area contributed by atoms with E-state index in [-0.39, 0.29) is 17.9 Å². The lowest BCUT2D eigenvalue weighted by Gasteiger charge is -2.13. The number of amides is 2. The summed E-state index contributed by atoms with van der Waals surface area (Å²) in [7, 11) is 0. The Labute approximate surface area is 93.5 Å². The number of carbonyl (C=O) groups is 2. The molecule has 0 radical (unpaired) electrons. The maximum atomic E-state index is 12.1. The third-order valence-corrected chi connectivity index (χ3v) is 3.19. The lowest BCUT2D eigenvalue weighted by molar-refractivity contribution is -0.776. The molecule has 0 aromatic heterocycles. The molecule has 1 aromatic rings. The second-order valence-corrected chi connectivity index (χ2v) is 4.32. The molecule has 2 heterocycles. The summed E-state index contributed by atoms with van der Waals surface area (Å²) in [4.78, 5) is 26.5. The lowest BCUT2D eigenvalue weighted by Crippen LogP contribution is -2.98. The van der Waals surface area contributed by atoms with E-state index in [9.17, 15) is 9.59 Å². The average Bonchev–Trinajstić information content (AvgIpc) is 3.07. The average molecular weight is 217 g/mol. The van der Waals surface area contributed by atoms with Crippen LogP contribution >= 0.6 is 0 Å². The largest absolute Gasteiger partial charge is 0.315 e. The molecule has 2 amide bonds. The van der Waals surface area contributed by atoms with Gasteiger partial charge in [0.25, 0.3) is 5.91 Å². The SMILES string of the molecule is O=C1C[C@@H]([NH+]2CC2)C(=O)N1c1ccccc1. The molecule has 1 N–H and O–H groups in total. The zero-order valence-electron chi connectivity index (χ0n) is 8.85. The van der Waals surface area contributed by atoms with Gasteiger partial charge in [-0.1, -0.05) is 18.2 Å². The van der Waals surface area contributed by atoms with Gasteiger partial charge in [-0.25, -0.2) is 4.90 Å². The van der Waals surface area contributed by atoms with E-state index in [2.05, 4.69) is 0 Å². The van der Waals surface area contributed by atoms with E-state index in [1.807, 2.05) is 18.2 Å². The Bertz CT molecular complexity index is 440. The van der Waals surface area contributed by atoms with Gasteiger partial charge in [-0.15, -0.1) is 0 Å². The molecule has 2 saturated heterocycles. The number of nitrogens with one attached hydrogen (secondary N) is 1. The molecular formula is C12H13N2O2+. The number of anilines is 1. The van der Waals surface area contributed by atoms with Crippen molar-refractivity contribution < 1.29 is 14.5 Å². The third kappa shape index (κ3) is 1.42. The molecular weight excluding hydrogens is 204 g/mol. The quantitative estimate of drug-likeness (QED) is 0.521. The number of carbonyl (C=O) groups excluding carboxylic acids is 2. The second kappa shape index (κ2) is 3.42. The van der Waals surface area contributed by atoms with E-state index in [0.29, 0.717) is 12.1 Å². The van der Waals surface area contributed by atoms with Gasteiger partial charge in [-0.05, 0) is 12.1 Å². The van der Waals surface area contributed by atoms with Crippen molar-refractivity contribution in [3.8, 4) is 0 Å². The predicted molar refractivity (Wildman–Crippen MR) is 58.0 cm³/mol. The molecule has 0 spiro atoms. The van der Waals surface area contributed by atoms with E-state index < -0.39 is 0 Å². The van der Waals surface area contributed by atoms with Crippen LogP contribution in [0.2, 0.25) is 0 Å². The fourth-order valence-electron chi connectivity index (χ4n) is 2.22. The number of benzene rings is 1. The van der Waals surface area contributed by atoms with Gasteiger partial charge in [-0.3, -0.25) is 9.59 Å². The summed E-state index contributed by atoms with van der Waals surface area (Å²) in [5, 5.41) is 0. The van der Waals surface area contributed by atoms with Crippen molar-refractivity contribution in [3.05, 3.63) is 30.3 Å². The number of quaternary nitrogens is 1. The van der Waals surface area contributed by atoms with E-state index in [1.165, 1.54) is 9.80 Å². The van der Waals surface area contributed by atoms with Gasteiger partial charge in [0, 0.05) is 0 Å². The summed E-state index contributed by atoms with van der Waals surface area (Å²) in [5.41, 5.74) is 0.696. The first-order valence-corrected chi connectivity index (χ1v) is 5.54. The molecule has 2 aliphatic heterocycles. The Kier molecular flexibility index (Phi) is 2.04. The van der Waals surface area contributed by atoms with Crippen molar-refractivity contribution in [1.82, 2.24) is 0 Å². The molecule has 4 nitrogen and oxygen atoms in total. The molecule has 0 bridgehead atoms. The third-order valence-electron chi connectivity index (χ3n) is 3.19. The van der Waals surface area contributed by atoms with Gasteiger partial charge >= 0.3 is 0 Å². The van der Waals surface area contributed by atoms with Crippen molar-refractivity contribution in [2.75, 3.05) is 18.0 Å². The number of hydrogen-bond donors (Lipinski definition) is 1. The van der Waals surface area contributed by atoms with E-state index in [4.69, 9.17) is 0 Å².